The molecule has 4 heterocycles. The minimum atomic E-state index is 0.872. The maximum Gasteiger partial charge on any atom is 0.143 e. The Morgan fingerprint density at radius 3 is 0.690 bits per heavy atom. The quantitative estimate of drug-likeness (QED) is 0.135. The molecule has 4 nitrogen and oxygen atoms in total. The fourth-order valence-electron chi connectivity index (χ4n) is 21.2. The van der Waals surface area contributed by atoms with E-state index in [1.165, 1.54) is 159 Å². The summed E-state index contributed by atoms with van der Waals surface area (Å²) in [7, 11) is 0. The number of benzene rings is 23. The summed E-state index contributed by atoms with van der Waals surface area (Å²) in [5.41, 5.74) is 28.5. The summed E-state index contributed by atoms with van der Waals surface area (Å²) in [6.07, 6.45) is 0. The molecule has 0 atom stereocenters. The average molecular weight is 1600 g/mol. The predicted octanol–water partition coefficient (Wildman–Crippen LogP) is 35.2. The van der Waals surface area contributed by atoms with Crippen molar-refractivity contribution in [3.05, 3.63) is 437 Å². The highest BCUT2D eigenvalue weighted by Gasteiger charge is 2.28. The van der Waals surface area contributed by atoms with Gasteiger partial charge in [0.05, 0.1) is 0 Å². The summed E-state index contributed by atoms with van der Waals surface area (Å²) < 4.78 is 26.8. The van der Waals surface area contributed by atoms with Crippen LogP contribution in [0.5, 0.6) is 0 Å². The van der Waals surface area contributed by atoms with Gasteiger partial charge in [-0.15, -0.1) is 0 Å². The van der Waals surface area contributed by atoms with E-state index in [0.717, 1.165) is 116 Å². The number of hydrogen-bond acceptors (Lipinski definition) is 4. The fourth-order valence-corrected chi connectivity index (χ4v) is 21.2. The third kappa shape index (κ3) is 11.0. The summed E-state index contributed by atoms with van der Waals surface area (Å²) in [6, 6.07) is 158. The topological polar surface area (TPSA) is 52.6 Å². The maximum absolute atomic E-state index is 6.98. The molecule has 0 fully saturated rings. The SMILES string of the molecule is c1ccc(-c2c3ccccc3c(-c3cccc4c3oc3ccc(-c5c6ccccc6c(-c6cccc7oc8ccccc8c67)c6ccccc56)cc34)c3ccccc23)cc1.c1ccc(-c2ccc3oc4ccc(-c5c6ccccc6c(-c6ccc7oc8c(-c9c%10ccccc%10c(-c%10ccccc%10)c%10ccccc9%10)cccc8c7c6)c6ccccc56)cc4c3c2)cc1. The number of para-hydroxylation sites is 3. The van der Waals surface area contributed by atoms with Gasteiger partial charge >= 0.3 is 0 Å². The standard InChI is InChI=1S/C64H38O2.C58H34O2/c1-3-16-39(17-4-1)41-30-33-57-55(36-41)56-38-43(31-34-58(56)65-57)62-46-22-9-7-20-44(46)61(45-21-8-10-23-47(45)62)42-32-35-59-54(37-42)52-28-15-29-53(64(52)66-59)63-50-26-13-11-24-48(50)60(40-18-5-2-6-19-40)49-25-12-14-27-51(49)63;1-2-16-35(17-3-1)53-37-18-4-10-24-43(37)56(44-25-11-5-19-38(44)53)48-29-14-27-45-49-34-36(32-33-51(49)60-58(45)48)54-39-20-6-8-22-41(39)55(42-23-9-7-21-40(42)54)47-28-15-31-52-57(47)46-26-12-13-30-50(46)59-52/h1-38H;1-34H. The van der Waals surface area contributed by atoms with E-state index in [4.69, 9.17) is 17.7 Å². The first-order valence-corrected chi connectivity index (χ1v) is 43.2. The Morgan fingerprint density at radius 2 is 0.333 bits per heavy atom. The van der Waals surface area contributed by atoms with Gasteiger partial charge in [0.2, 0.25) is 0 Å². The average Bonchev–Trinajstić information content (AvgIpc) is 1.27. The highest BCUT2D eigenvalue weighted by molar-refractivity contribution is 6.30. The molecule has 0 N–H and O–H groups in total. The van der Waals surface area contributed by atoms with Gasteiger partial charge in [0, 0.05) is 65.3 Å². The van der Waals surface area contributed by atoms with Gasteiger partial charge < -0.3 is 17.7 Å². The van der Waals surface area contributed by atoms with Crippen molar-refractivity contribution in [2.24, 2.45) is 0 Å². The first-order valence-electron chi connectivity index (χ1n) is 43.2. The van der Waals surface area contributed by atoms with Gasteiger partial charge in [0.15, 0.2) is 0 Å². The summed E-state index contributed by atoms with van der Waals surface area (Å²) >= 11 is 0. The Bertz CT molecular complexity index is 8990. The van der Waals surface area contributed by atoms with E-state index in [1.54, 1.807) is 0 Å². The lowest BCUT2D eigenvalue weighted by atomic mass is 9.84. The molecule has 0 aliphatic heterocycles. The molecule has 126 heavy (non-hydrogen) atoms. The summed E-state index contributed by atoms with van der Waals surface area (Å²) in [5, 5.41) is 28.3. The van der Waals surface area contributed by atoms with Gasteiger partial charge in [-0.05, 0) is 225 Å². The number of hydrogen-bond donors (Lipinski definition) is 0. The molecule has 27 rings (SSSR count). The minimum Gasteiger partial charge on any atom is -0.456 e. The Hall–Kier alpha value is -16.7. The Morgan fingerprint density at radius 1 is 0.111 bits per heavy atom. The van der Waals surface area contributed by atoms with Crippen molar-refractivity contribution in [3.8, 4) is 100 Å². The Balaban J connectivity index is 0.000000135. The van der Waals surface area contributed by atoms with Crippen LogP contribution in [0.4, 0.5) is 0 Å². The van der Waals surface area contributed by atoms with Crippen LogP contribution in [0.25, 0.3) is 274 Å². The van der Waals surface area contributed by atoms with E-state index in [0.29, 0.717) is 0 Å². The van der Waals surface area contributed by atoms with E-state index in [-0.39, 0.29) is 0 Å². The van der Waals surface area contributed by atoms with Gasteiger partial charge in [0.25, 0.3) is 0 Å². The molecule has 0 saturated heterocycles. The van der Waals surface area contributed by atoms with Gasteiger partial charge in [-0.2, -0.15) is 0 Å². The highest BCUT2D eigenvalue weighted by atomic mass is 16.3. The van der Waals surface area contributed by atoms with Crippen LogP contribution in [0.3, 0.4) is 0 Å². The van der Waals surface area contributed by atoms with Crippen molar-refractivity contribution in [1.82, 2.24) is 0 Å². The third-order valence-electron chi connectivity index (χ3n) is 26.5. The molecular formula is C122H72O4. The summed E-state index contributed by atoms with van der Waals surface area (Å²) in [4.78, 5) is 0. The molecule has 0 unspecified atom stereocenters. The molecule has 0 spiro atoms. The summed E-state index contributed by atoms with van der Waals surface area (Å²) in [5.74, 6) is 0. The van der Waals surface area contributed by atoms with Crippen LogP contribution in [-0.4, -0.2) is 0 Å². The molecule has 0 aliphatic carbocycles. The second kappa shape index (κ2) is 28.5. The molecule has 23 aromatic carbocycles. The Kier molecular flexibility index (Phi) is 16.1. The second-order valence-electron chi connectivity index (χ2n) is 33.3. The normalized spacial score (nSPS) is 12.0. The van der Waals surface area contributed by atoms with E-state index in [9.17, 15) is 0 Å². The van der Waals surface area contributed by atoms with Crippen LogP contribution in [0.2, 0.25) is 0 Å². The van der Waals surface area contributed by atoms with E-state index in [1.807, 2.05) is 6.07 Å². The van der Waals surface area contributed by atoms with Crippen molar-refractivity contribution in [3.63, 3.8) is 0 Å². The second-order valence-corrected chi connectivity index (χ2v) is 33.3. The van der Waals surface area contributed by atoms with Crippen molar-refractivity contribution in [1.29, 1.82) is 0 Å². The third-order valence-corrected chi connectivity index (χ3v) is 26.5. The highest BCUT2D eigenvalue weighted by Crippen LogP contribution is 2.54. The molecule has 4 aromatic heterocycles. The predicted molar refractivity (Wildman–Crippen MR) is 531 cm³/mol. The van der Waals surface area contributed by atoms with Crippen LogP contribution in [-0.2, 0) is 0 Å². The monoisotopic (exact) mass is 1600 g/mol. The van der Waals surface area contributed by atoms with Crippen molar-refractivity contribution in [2.75, 3.05) is 0 Å². The van der Waals surface area contributed by atoms with Crippen molar-refractivity contribution >= 4 is 174 Å². The molecule has 0 radical (unpaired) electrons. The number of fused-ring (bicyclic) bond motifs is 20. The number of rotatable bonds is 9. The zero-order chi connectivity index (χ0) is 82.6. The minimum absolute atomic E-state index is 0.872. The van der Waals surface area contributed by atoms with Crippen molar-refractivity contribution < 1.29 is 17.7 Å². The van der Waals surface area contributed by atoms with E-state index < -0.39 is 0 Å². The fraction of sp³-hybridized carbons (Fsp3) is 0. The van der Waals surface area contributed by atoms with Crippen LogP contribution < -0.4 is 0 Å². The van der Waals surface area contributed by atoms with Gasteiger partial charge in [0.1, 0.15) is 44.7 Å². The zero-order valence-corrected chi connectivity index (χ0v) is 68.2. The van der Waals surface area contributed by atoms with E-state index in [2.05, 4.69) is 431 Å². The largest absolute Gasteiger partial charge is 0.456 e. The molecule has 0 aliphatic rings. The van der Waals surface area contributed by atoms with Gasteiger partial charge in [-0.3, -0.25) is 0 Å². The van der Waals surface area contributed by atoms with Crippen molar-refractivity contribution in [2.45, 2.75) is 0 Å². The molecule has 0 saturated carbocycles. The van der Waals surface area contributed by atoms with Gasteiger partial charge in [-0.1, -0.05) is 376 Å². The Labute approximate surface area is 723 Å². The first kappa shape index (κ1) is 71.1. The molecular weight excluding hydrogens is 1530 g/mol. The first-order chi connectivity index (χ1) is 62.5. The smallest absolute Gasteiger partial charge is 0.143 e. The van der Waals surface area contributed by atoms with E-state index >= 15 is 0 Å². The van der Waals surface area contributed by atoms with Crippen LogP contribution in [0.15, 0.2) is 454 Å². The van der Waals surface area contributed by atoms with Gasteiger partial charge in [-0.25, -0.2) is 0 Å². The van der Waals surface area contributed by atoms with Crippen LogP contribution in [0, 0.1) is 0 Å². The molecule has 584 valence electrons. The lowest BCUT2D eigenvalue weighted by Gasteiger charge is -2.18. The lowest BCUT2D eigenvalue weighted by Crippen LogP contribution is -1.91. The molecule has 0 bridgehead atoms. The zero-order valence-electron chi connectivity index (χ0n) is 68.2. The van der Waals surface area contributed by atoms with Crippen LogP contribution in [0.1, 0.15) is 0 Å². The maximum atomic E-state index is 6.98. The summed E-state index contributed by atoms with van der Waals surface area (Å²) in [6.45, 7) is 0. The molecule has 4 heteroatoms. The lowest BCUT2D eigenvalue weighted by molar-refractivity contribution is 0.668. The number of furan rings is 4. The molecule has 27 aromatic rings. The molecule has 0 amide bonds. The van der Waals surface area contributed by atoms with Crippen LogP contribution >= 0.6 is 0 Å².